The molecule has 10 heteroatoms. The SMILES string of the molecule is Cc1cc(S(N)(=O)=O)ccc1Nc1ncc2c(n1)N(C1CCCC1)C(=O)C(C)(C)O2. The number of sulfonamides is 1. The first kappa shape index (κ1) is 20.5. The predicted octanol–water partition coefficient (Wildman–Crippen LogP) is 2.62. The monoisotopic (exact) mass is 431 g/mol. The number of nitrogens with zero attached hydrogens (tertiary/aromatic N) is 3. The molecule has 0 atom stereocenters. The highest BCUT2D eigenvalue weighted by atomic mass is 32.2. The maximum Gasteiger partial charge on any atom is 0.272 e. The molecule has 30 heavy (non-hydrogen) atoms. The highest BCUT2D eigenvalue weighted by Crippen LogP contribution is 2.40. The molecule has 0 radical (unpaired) electrons. The van der Waals surface area contributed by atoms with Crippen molar-refractivity contribution in [1.82, 2.24) is 9.97 Å². The van der Waals surface area contributed by atoms with E-state index in [1.54, 1.807) is 37.9 Å². The van der Waals surface area contributed by atoms with Gasteiger partial charge < -0.3 is 10.1 Å². The van der Waals surface area contributed by atoms with Gasteiger partial charge in [0.05, 0.1) is 11.1 Å². The molecular weight excluding hydrogens is 406 g/mol. The van der Waals surface area contributed by atoms with E-state index >= 15 is 0 Å². The van der Waals surface area contributed by atoms with Gasteiger partial charge >= 0.3 is 0 Å². The lowest BCUT2D eigenvalue weighted by atomic mass is 10.0. The van der Waals surface area contributed by atoms with E-state index in [1.807, 2.05) is 0 Å². The van der Waals surface area contributed by atoms with Gasteiger partial charge in [-0.3, -0.25) is 9.69 Å². The molecule has 2 aromatic rings. The van der Waals surface area contributed by atoms with Crippen molar-refractivity contribution in [2.24, 2.45) is 5.14 Å². The van der Waals surface area contributed by atoms with Crippen LogP contribution in [0.2, 0.25) is 0 Å². The van der Waals surface area contributed by atoms with Gasteiger partial charge in [-0.2, -0.15) is 4.98 Å². The first-order valence-electron chi connectivity index (χ1n) is 9.86. The zero-order valence-corrected chi connectivity index (χ0v) is 18.0. The summed E-state index contributed by atoms with van der Waals surface area (Å²) in [5, 5.41) is 8.29. The summed E-state index contributed by atoms with van der Waals surface area (Å²) in [6.07, 6.45) is 5.59. The summed E-state index contributed by atoms with van der Waals surface area (Å²) >= 11 is 0. The number of ether oxygens (including phenoxy) is 1. The Bertz CT molecular complexity index is 1110. The molecule has 160 valence electrons. The summed E-state index contributed by atoms with van der Waals surface area (Å²) in [5.74, 6) is 1.11. The maximum atomic E-state index is 13.1. The summed E-state index contributed by atoms with van der Waals surface area (Å²) < 4.78 is 29.0. The number of carbonyl (C=O) groups excluding carboxylic acids is 1. The lowest BCUT2D eigenvalue weighted by Crippen LogP contribution is -2.55. The normalized spacial score (nSPS) is 18.8. The Kier molecular flexibility index (Phi) is 4.94. The second kappa shape index (κ2) is 7.21. The quantitative estimate of drug-likeness (QED) is 0.761. The Morgan fingerprint density at radius 2 is 1.97 bits per heavy atom. The largest absolute Gasteiger partial charge is 0.472 e. The van der Waals surface area contributed by atoms with Gasteiger partial charge in [-0.1, -0.05) is 12.8 Å². The molecule has 0 spiro atoms. The smallest absolute Gasteiger partial charge is 0.272 e. The average Bonchev–Trinajstić information content (AvgIpc) is 3.18. The third kappa shape index (κ3) is 3.72. The van der Waals surface area contributed by atoms with Crippen LogP contribution in [0.25, 0.3) is 0 Å². The molecule has 1 aromatic heterocycles. The van der Waals surface area contributed by atoms with E-state index in [2.05, 4.69) is 15.3 Å². The fraction of sp³-hybridized carbons (Fsp3) is 0.450. The molecule has 1 fully saturated rings. The third-order valence-electron chi connectivity index (χ3n) is 5.53. The van der Waals surface area contributed by atoms with E-state index in [-0.39, 0.29) is 16.8 Å². The minimum Gasteiger partial charge on any atom is -0.472 e. The second-order valence-corrected chi connectivity index (χ2v) is 9.82. The van der Waals surface area contributed by atoms with Crippen LogP contribution in [-0.4, -0.2) is 35.9 Å². The Morgan fingerprint density at radius 3 is 2.60 bits per heavy atom. The van der Waals surface area contributed by atoms with Gasteiger partial charge in [-0.15, -0.1) is 0 Å². The topological polar surface area (TPSA) is 128 Å². The van der Waals surface area contributed by atoms with Crippen molar-refractivity contribution < 1.29 is 17.9 Å². The van der Waals surface area contributed by atoms with E-state index in [0.717, 1.165) is 25.7 Å². The van der Waals surface area contributed by atoms with E-state index in [1.165, 1.54) is 12.1 Å². The number of aromatic nitrogens is 2. The van der Waals surface area contributed by atoms with Gasteiger partial charge in [0.25, 0.3) is 5.91 Å². The first-order chi connectivity index (χ1) is 14.1. The third-order valence-corrected chi connectivity index (χ3v) is 6.44. The van der Waals surface area contributed by atoms with E-state index in [9.17, 15) is 13.2 Å². The van der Waals surface area contributed by atoms with Crippen LogP contribution in [0.5, 0.6) is 5.75 Å². The number of aryl methyl sites for hydroxylation is 1. The van der Waals surface area contributed by atoms with Gasteiger partial charge in [-0.05, 0) is 57.4 Å². The molecular formula is C20H25N5O4S. The lowest BCUT2D eigenvalue weighted by molar-refractivity contribution is -0.133. The molecule has 4 rings (SSSR count). The summed E-state index contributed by atoms with van der Waals surface area (Å²) in [4.78, 5) is 23.8. The van der Waals surface area contributed by atoms with Crippen LogP contribution in [0.3, 0.4) is 0 Å². The number of nitrogens with two attached hydrogens (primary N) is 1. The molecule has 1 aliphatic carbocycles. The van der Waals surface area contributed by atoms with Crippen molar-refractivity contribution in [3.63, 3.8) is 0 Å². The Morgan fingerprint density at radius 1 is 1.27 bits per heavy atom. The second-order valence-electron chi connectivity index (χ2n) is 8.25. The van der Waals surface area contributed by atoms with Crippen molar-refractivity contribution in [2.45, 2.75) is 63.0 Å². The van der Waals surface area contributed by atoms with E-state index in [4.69, 9.17) is 9.88 Å². The number of fused-ring (bicyclic) bond motifs is 1. The molecule has 1 saturated carbocycles. The lowest BCUT2D eigenvalue weighted by Gasteiger charge is -2.40. The molecule has 1 aliphatic heterocycles. The van der Waals surface area contributed by atoms with Crippen LogP contribution in [0.15, 0.2) is 29.3 Å². The van der Waals surface area contributed by atoms with Crippen LogP contribution in [0, 0.1) is 6.92 Å². The fourth-order valence-electron chi connectivity index (χ4n) is 3.95. The van der Waals surface area contributed by atoms with Crippen molar-refractivity contribution >= 4 is 33.4 Å². The Balaban J connectivity index is 1.69. The Labute approximate surface area is 175 Å². The number of rotatable bonds is 4. The molecule has 0 unspecified atom stereocenters. The van der Waals surface area contributed by atoms with E-state index in [0.29, 0.717) is 28.8 Å². The van der Waals surface area contributed by atoms with Crippen molar-refractivity contribution in [3.05, 3.63) is 30.0 Å². The van der Waals surface area contributed by atoms with Gasteiger partial charge in [0.15, 0.2) is 17.2 Å². The summed E-state index contributed by atoms with van der Waals surface area (Å²) in [7, 11) is -3.78. The number of hydrogen-bond donors (Lipinski definition) is 2. The number of benzene rings is 1. The molecule has 1 aromatic carbocycles. The maximum absolute atomic E-state index is 13.1. The number of nitrogens with one attached hydrogen (secondary N) is 1. The molecule has 0 bridgehead atoms. The van der Waals surface area contributed by atoms with Crippen molar-refractivity contribution in [3.8, 4) is 5.75 Å². The van der Waals surface area contributed by atoms with E-state index < -0.39 is 15.6 Å². The zero-order valence-electron chi connectivity index (χ0n) is 17.2. The van der Waals surface area contributed by atoms with Crippen LogP contribution in [0.1, 0.15) is 45.1 Å². The number of carbonyl (C=O) groups is 1. The fourth-order valence-corrected chi connectivity index (χ4v) is 4.55. The molecule has 1 amide bonds. The number of amides is 1. The predicted molar refractivity (Wildman–Crippen MR) is 112 cm³/mol. The molecule has 9 nitrogen and oxygen atoms in total. The van der Waals surface area contributed by atoms with Crippen molar-refractivity contribution in [1.29, 1.82) is 0 Å². The molecule has 0 saturated heterocycles. The summed E-state index contributed by atoms with van der Waals surface area (Å²) in [5.41, 5.74) is 0.329. The van der Waals surface area contributed by atoms with Gasteiger partial charge in [0.1, 0.15) is 0 Å². The standard InChI is InChI=1S/C20H25N5O4S/c1-12-10-14(30(21,27)28)8-9-15(12)23-19-22-11-16-17(24-19)25(13-6-4-5-7-13)18(26)20(2,3)29-16/h8-11,13H,4-7H2,1-3H3,(H2,21,27,28)(H,22,23,24). The van der Waals surface area contributed by atoms with Crippen LogP contribution >= 0.6 is 0 Å². The van der Waals surface area contributed by atoms with Gasteiger partial charge in [-0.25, -0.2) is 18.5 Å². The highest BCUT2D eigenvalue weighted by Gasteiger charge is 2.45. The molecule has 2 aliphatic rings. The van der Waals surface area contributed by atoms with Crippen molar-refractivity contribution in [2.75, 3.05) is 10.2 Å². The van der Waals surface area contributed by atoms with Crippen LogP contribution < -0.4 is 20.1 Å². The van der Waals surface area contributed by atoms with Crippen LogP contribution in [0.4, 0.5) is 17.5 Å². The summed E-state index contributed by atoms with van der Waals surface area (Å²) in [6.45, 7) is 5.26. The van der Waals surface area contributed by atoms with Gasteiger partial charge in [0.2, 0.25) is 16.0 Å². The average molecular weight is 432 g/mol. The number of anilines is 3. The Hall–Kier alpha value is -2.72. The zero-order chi connectivity index (χ0) is 21.7. The number of hydrogen-bond acceptors (Lipinski definition) is 7. The van der Waals surface area contributed by atoms with Gasteiger partial charge in [0, 0.05) is 11.7 Å². The molecule has 2 heterocycles. The summed E-state index contributed by atoms with van der Waals surface area (Å²) in [6, 6.07) is 4.61. The minimum absolute atomic E-state index is 0.0329. The molecule has 3 N–H and O–H groups in total. The minimum atomic E-state index is -3.78. The highest BCUT2D eigenvalue weighted by molar-refractivity contribution is 7.89. The number of primary sulfonamides is 1. The first-order valence-corrected chi connectivity index (χ1v) is 11.4. The van der Waals surface area contributed by atoms with Crippen LogP contribution in [-0.2, 0) is 14.8 Å².